The van der Waals surface area contributed by atoms with Crippen LogP contribution >= 0.6 is 11.3 Å². The largest absolute Gasteiger partial charge is 0.346 e. The van der Waals surface area contributed by atoms with E-state index in [9.17, 15) is 4.79 Å². The zero-order valence-electron chi connectivity index (χ0n) is 11.4. The van der Waals surface area contributed by atoms with Crippen LogP contribution in [0.3, 0.4) is 0 Å². The lowest BCUT2D eigenvalue weighted by atomic mass is 10.0. The van der Waals surface area contributed by atoms with Crippen LogP contribution in [-0.2, 0) is 6.54 Å². The van der Waals surface area contributed by atoms with E-state index in [2.05, 4.69) is 29.0 Å². The third kappa shape index (κ3) is 4.36. The standard InChI is InChI=1S/C12H22N4OS/c1-8(2)9(6-16(3)4)15-12(17)10-7-18-11(5-13)14-10/h7-9H,5-6,13H2,1-4H3,(H,15,17). The number of thiazole rings is 1. The molecule has 0 radical (unpaired) electrons. The average molecular weight is 270 g/mol. The predicted octanol–water partition coefficient (Wildman–Crippen LogP) is 0.918. The summed E-state index contributed by atoms with van der Waals surface area (Å²) >= 11 is 1.42. The van der Waals surface area contributed by atoms with Crippen molar-refractivity contribution < 1.29 is 4.79 Å². The van der Waals surface area contributed by atoms with Crippen LogP contribution in [0.4, 0.5) is 0 Å². The highest BCUT2D eigenvalue weighted by Gasteiger charge is 2.19. The van der Waals surface area contributed by atoms with Gasteiger partial charge in [-0.25, -0.2) is 4.98 Å². The first-order valence-corrected chi connectivity index (χ1v) is 6.92. The van der Waals surface area contributed by atoms with Gasteiger partial charge < -0.3 is 16.0 Å². The summed E-state index contributed by atoms with van der Waals surface area (Å²) in [4.78, 5) is 18.3. The van der Waals surface area contributed by atoms with Crippen LogP contribution < -0.4 is 11.1 Å². The highest BCUT2D eigenvalue weighted by molar-refractivity contribution is 7.09. The van der Waals surface area contributed by atoms with Crippen LogP contribution in [0.15, 0.2) is 5.38 Å². The van der Waals surface area contributed by atoms with Gasteiger partial charge in [0.25, 0.3) is 5.91 Å². The lowest BCUT2D eigenvalue weighted by Crippen LogP contribution is -2.45. The van der Waals surface area contributed by atoms with Crippen molar-refractivity contribution in [2.45, 2.75) is 26.4 Å². The molecule has 0 aromatic carbocycles. The fourth-order valence-electron chi connectivity index (χ4n) is 1.57. The van der Waals surface area contributed by atoms with E-state index >= 15 is 0 Å². The van der Waals surface area contributed by atoms with E-state index in [0.29, 0.717) is 18.2 Å². The van der Waals surface area contributed by atoms with Crippen LogP contribution in [0, 0.1) is 5.92 Å². The van der Waals surface area contributed by atoms with Gasteiger partial charge in [0.05, 0.1) is 0 Å². The molecule has 1 aromatic rings. The molecular weight excluding hydrogens is 248 g/mol. The monoisotopic (exact) mass is 270 g/mol. The minimum Gasteiger partial charge on any atom is -0.346 e. The van der Waals surface area contributed by atoms with Crippen molar-refractivity contribution in [3.63, 3.8) is 0 Å². The lowest BCUT2D eigenvalue weighted by Gasteiger charge is -2.25. The number of aromatic nitrogens is 1. The Morgan fingerprint density at radius 1 is 1.56 bits per heavy atom. The first kappa shape index (κ1) is 15.1. The maximum absolute atomic E-state index is 12.0. The molecule has 1 heterocycles. The predicted molar refractivity (Wildman–Crippen MR) is 74.7 cm³/mol. The second-order valence-electron chi connectivity index (χ2n) is 4.92. The topological polar surface area (TPSA) is 71.2 Å². The van der Waals surface area contributed by atoms with E-state index in [-0.39, 0.29) is 11.9 Å². The van der Waals surface area contributed by atoms with Gasteiger partial charge in [0.2, 0.25) is 0 Å². The molecule has 5 nitrogen and oxygen atoms in total. The van der Waals surface area contributed by atoms with Crippen LogP contribution in [0.25, 0.3) is 0 Å². The first-order chi connectivity index (χ1) is 8.43. The zero-order chi connectivity index (χ0) is 13.7. The van der Waals surface area contributed by atoms with Crippen molar-refractivity contribution in [1.82, 2.24) is 15.2 Å². The lowest BCUT2D eigenvalue weighted by molar-refractivity contribution is 0.0912. The van der Waals surface area contributed by atoms with E-state index < -0.39 is 0 Å². The number of hydrogen-bond acceptors (Lipinski definition) is 5. The quantitative estimate of drug-likeness (QED) is 0.806. The van der Waals surface area contributed by atoms with Crippen LogP contribution in [0.1, 0.15) is 29.3 Å². The maximum atomic E-state index is 12.0. The first-order valence-electron chi connectivity index (χ1n) is 6.04. The van der Waals surface area contributed by atoms with Crippen molar-refractivity contribution >= 4 is 17.2 Å². The minimum absolute atomic E-state index is 0.119. The summed E-state index contributed by atoms with van der Waals surface area (Å²) in [5.74, 6) is 0.260. The Bertz CT molecular complexity index is 389. The molecule has 1 amide bonds. The molecule has 0 bridgehead atoms. The van der Waals surface area contributed by atoms with Gasteiger partial charge in [-0.3, -0.25) is 4.79 Å². The third-order valence-electron chi connectivity index (χ3n) is 2.64. The summed E-state index contributed by atoms with van der Waals surface area (Å²) in [5.41, 5.74) is 5.95. The van der Waals surface area contributed by atoms with Gasteiger partial charge in [-0.15, -0.1) is 11.3 Å². The van der Waals surface area contributed by atoms with Crippen LogP contribution in [-0.4, -0.2) is 42.5 Å². The Morgan fingerprint density at radius 3 is 2.67 bits per heavy atom. The Balaban J connectivity index is 2.66. The number of amides is 1. The van der Waals surface area contributed by atoms with Gasteiger partial charge >= 0.3 is 0 Å². The molecule has 0 aliphatic heterocycles. The molecule has 0 aliphatic rings. The fraction of sp³-hybridized carbons (Fsp3) is 0.667. The van der Waals surface area contributed by atoms with Gasteiger partial charge in [0, 0.05) is 24.5 Å². The number of carbonyl (C=O) groups is 1. The molecule has 3 N–H and O–H groups in total. The van der Waals surface area contributed by atoms with E-state index in [1.165, 1.54) is 11.3 Å². The Hall–Kier alpha value is -0.980. The molecule has 0 spiro atoms. The summed E-state index contributed by atoms with van der Waals surface area (Å²) in [6, 6.07) is 0.121. The molecule has 1 rings (SSSR count). The molecule has 102 valence electrons. The highest BCUT2D eigenvalue weighted by Crippen LogP contribution is 2.10. The smallest absolute Gasteiger partial charge is 0.271 e. The zero-order valence-corrected chi connectivity index (χ0v) is 12.3. The summed E-state index contributed by atoms with van der Waals surface area (Å²) < 4.78 is 0. The minimum atomic E-state index is -0.119. The number of nitrogens with two attached hydrogens (primary N) is 1. The molecule has 1 unspecified atom stereocenters. The normalized spacial score (nSPS) is 13.1. The van der Waals surface area contributed by atoms with Crippen LogP contribution in [0.5, 0.6) is 0 Å². The number of carbonyl (C=O) groups excluding carboxylic acids is 1. The Morgan fingerprint density at radius 2 is 2.22 bits per heavy atom. The molecule has 0 saturated carbocycles. The van der Waals surface area contributed by atoms with Crippen molar-refractivity contribution in [3.8, 4) is 0 Å². The molecular formula is C12H22N4OS. The summed E-state index contributed by atoms with van der Waals surface area (Å²) in [5, 5.41) is 5.56. The Kier molecular flexibility index (Phi) is 5.71. The van der Waals surface area contributed by atoms with E-state index in [1.807, 2.05) is 14.1 Å². The van der Waals surface area contributed by atoms with Crippen molar-refractivity contribution in [3.05, 3.63) is 16.1 Å². The molecule has 0 aliphatic carbocycles. The number of rotatable bonds is 6. The number of likely N-dealkylation sites (N-methyl/N-ethyl adjacent to an activating group) is 1. The molecule has 1 aromatic heterocycles. The SMILES string of the molecule is CC(C)C(CN(C)C)NC(=O)c1csc(CN)n1. The van der Waals surface area contributed by atoms with Gasteiger partial charge in [-0.05, 0) is 20.0 Å². The van der Waals surface area contributed by atoms with Crippen molar-refractivity contribution in [2.24, 2.45) is 11.7 Å². The molecule has 1 atom stereocenters. The number of nitrogens with one attached hydrogen (secondary N) is 1. The van der Waals surface area contributed by atoms with E-state index in [0.717, 1.165) is 11.6 Å². The number of nitrogens with zero attached hydrogens (tertiary/aromatic N) is 2. The summed E-state index contributed by atoms with van der Waals surface area (Å²) in [6.07, 6.45) is 0. The molecule has 0 saturated heterocycles. The van der Waals surface area contributed by atoms with Gasteiger partial charge in [-0.2, -0.15) is 0 Å². The van der Waals surface area contributed by atoms with Gasteiger partial charge in [0.15, 0.2) is 0 Å². The van der Waals surface area contributed by atoms with Crippen molar-refractivity contribution in [2.75, 3.05) is 20.6 Å². The summed E-state index contributed by atoms with van der Waals surface area (Å²) in [7, 11) is 3.99. The van der Waals surface area contributed by atoms with E-state index in [1.54, 1.807) is 5.38 Å². The number of hydrogen-bond donors (Lipinski definition) is 2. The highest BCUT2D eigenvalue weighted by atomic mass is 32.1. The third-order valence-corrected chi connectivity index (χ3v) is 3.51. The van der Waals surface area contributed by atoms with E-state index in [4.69, 9.17) is 5.73 Å². The van der Waals surface area contributed by atoms with Gasteiger partial charge in [0.1, 0.15) is 10.7 Å². The second-order valence-corrected chi connectivity index (χ2v) is 5.86. The van der Waals surface area contributed by atoms with Gasteiger partial charge in [-0.1, -0.05) is 13.8 Å². The maximum Gasteiger partial charge on any atom is 0.271 e. The fourth-order valence-corrected chi connectivity index (χ4v) is 2.22. The summed E-state index contributed by atoms with van der Waals surface area (Å²) in [6.45, 7) is 5.39. The molecule has 0 fully saturated rings. The molecule has 18 heavy (non-hydrogen) atoms. The van der Waals surface area contributed by atoms with Crippen molar-refractivity contribution in [1.29, 1.82) is 0 Å². The Labute approximate surface area is 112 Å². The molecule has 6 heteroatoms. The average Bonchev–Trinajstić information content (AvgIpc) is 2.75. The second kappa shape index (κ2) is 6.82. The van der Waals surface area contributed by atoms with Crippen LogP contribution in [0.2, 0.25) is 0 Å².